The molecule has 0 aromatic heterocycles. The van der Waals surface area contributed by atoms with Gasteiger partial charge in [0.2, 0.25) is 0 Å². The highest BCUT2D eigenvalue weighted by atomic mass is 16.5. The van der Waals surface area contributed by atoms with Crippen molar-refractivity contribution in [1.29, 1.82) is 5.26 Å². The summed E-state index contributed by atoms with van der Waals surface area (Å²) in [6.45, 7) is 5.00. The van der Waals surface area contributed by atoms with Crippen LogP contribution in [0, 0.1) is 11.3 Å². The van der Waals surface area contributed by atoms with Gasteiger partial charge in [-0.1, -0.05) is 36.9 Å². The molecule has 0 aliphatic carbocycles. The van der Waals surface area contributed by atoms with Crippen molar-refractivity contribution in [1.82, 2.24) is 0 Å². The van der Waals surface area contributed by atoms with Crippen molar-refractivity contribution >= 4 is 12.0 Å². The van der Waals surface area contributed by atoms with Crippen molar-refractivity contribution in [2.45, 2.75) is 6.92 Å². The summed E-state index contributed by atoms with van der Waals surface area (Å²) in [5.74, 6) is -0.487. The fraction of sp³-hybridized carbons (Fsp3) is 0.143. The van der Waals surface area contributed by atoms with Crippen LogP contribution in [-0.4, -0.2) is 12.6 Å². The zero-order valence-corrected chi connectivity index (χ0v) is 9.64. The zero-order chi connectivity index (χ0) is 12.7. The van der Waals surface area contributed by atoms with Crippen LogP contribution in [0.3, 0.4) is 0 Å². The Bertz CT molecular complexity index is 481. The van der Waals surface area contributed by atoms with Crippen LogP contribution in [0.1, 0.15) is 12.5 Å². The second-order valence-electron chi connectivity index (χ2n) is 3.55. The van der Waals surface area contributed by atoms with Crippen molar-refractivity contribution < 1.29 is 9.53 Å². The number of carbonyl (C=O) groups excluding carboxylic acids is 1. The van der Waals surface area contributed by atoms with Crippen LogP contribution >= 0.6 is 0 Å². The number of ether oxygens (including phenoxy) is 1. The molecule has 0 fully saturated rings. The van der Waals surface area contributed by atoms with Crippen LogP contribution in [0.15, 0.2) is 48.1 Å². The molecule has 0 unspecified atom stereocenters. The van der Waals surface area contributed by atoms with Crippen LogP contribution in [0.4, 0.5) is 0 Å². The molecule has 0 amide bonds. The molecule has 0 N–H and O–H groups in total. The van der Waals surface area contributed by atoms with Gasteiger partial charge in [0.15, 0.2) is 0 Å². The van der Waals surface area contributed by atoms with Gasteiger partial charge in [-0.25, -0.2) is 4.79 Å². The molecule has 1 rings (SSSR count). The van der Waals surface area contributed by atoms with Gasteiger partial charge < -0.3 is 4.74 Å². The second kappa shape index (κ2) is 6.29. The van der Waals surface area contributed by atoms with Gasteiger partial charge >= 0.3 is 5.97 Å². The van der Waals surface area contributed by atoms with Crippen molar-refractivity contribution in [3.05, 3.63) is 53.6 Å². The molecule has 3 heteroatoms. The molecular weight excluding hydrogens is 214 g/mol. The summed E-state index contributed by atoms with van der Waals surface area (Å²) in [5, 5.41) is 8.91. The summed E-state index contributed by atoms with van der Waals surface area (Å²) in [5.41, 5.74) is 1.61. The molecule has 0 saturated heterocycles. The minimum atomic E-state index is -0.487. The van der Waals surface area contributed by atoms with E-state index in [4.69, 9.17) is 10.00 Å². The molecule has 3 nitrogen and oxygen atoms in total. The summed E-state index contributed by atoms with van der Waals surface area (Å²) in [6.07, 6.45) is 1.69. The Morgan fingerprint density at radius 1 is 1.47 bits per heavy atom. The minimum Gasteiger partial charge on any atom is -0.457 e. The maximum Gasteiger partial charge on any atom is 0.333 e. The highest BCUT2D eigenvalue weighted by molar-refractivity contribution is 5.87. The van der Waals surface area contributed by atoms with Gasteiger partial charge in [-0.05, 0) is 18.6 Å². The maximum atomic E-state index is 11.2. The average Bonchev–Trinajstić information content (AvgIpc) is 2.35. The summed E-state index contributed by atoms with van der Waals surface area (Å²) in [6, 6.07) is 11.4. The van der Waals surface area contributed by atoms with E-state index in [0.717, 1.165) is 5.56 Å². The van der Waals surface area contributed by atoms with Crippen molar-refractivity contribution in [2.75, 3.05) is 6.61 Å². The zero-order valence-electron chi connectivity index (χ0n) is 9.64. The standard InChI is InChI=1S/C14H13NO2/c1-11(2)14(16)17-10-13(9-15)8-12-6-4-3-5-7-12/h3-8H,1,10H2,2H3/b13-8+. The molecule has 1 aromatic carbocycles. The SMILES string of the molecule is C=C(C)C(=O)OC/C(C#N)=C/c1ccccc1. The first kappa shape index (κ1) is 12.7. The Kier molecular flexibility index (Phi) is 4.71. The molecule has 17 heavy (non-hydrogen) atoms. The lowest BCUT2D eigenvalue weighted by atomic mass is 10.1. The van der Waals surface area contributed by atoms with E-state index in [2.05, 4.69) is 6.58 Å². The van der Waals surface area contributed by atoms with Crippen LogP contribution in [0.5, 0.6) is 0 Å². The Morgan fingerprint density at radius 3 is 2.65 bits per heavy atom. The van der Waals surface area contributed by atoms with Gasteiger partial charge in [0.05, 0.1) is 11.6 Å². The van der Waals surface area contributed by atoms with E-state index in [-0.39, 0.29) is 6.61 Å². The molecule has 0 aliphatic heterocycles. The first-order valence-corrected chi connectivity index (χ1v) is 5.12. The quantitative estimate of drug-likeness (QED) is 0.451. The smallest absolute Gasteiger partial charge is 0.333 e. The summed E-state index contributed by atoms with van der Waals surface area (Å²) < 4.78 is 4.90. The van der Waals surface area contributed by atoms with Crippen LogP contribution in [-0.2, 0) is 9.53 Å². The third kappa shape index (κ3) is 4.35. The lowest BCUT2D eigenvalue weighted by Crippen LogP contribution is -2.07. The first-order valence-electron chi connectivity index (χ1n) is 5.12. The molecule has 1 aromatic rings. The molecule has 0 radical (unpaired) electrons. The summed E-state index contributed by atoms with van der Waals surface area (Å²) in [7, 11) is 0. The molecule has 0 spiro atoms. The third-order valence-electron chi connectivity index (χ3n) is 1.99. The number of esters is 1. The van der Waals surface area contributed by atoms with E-state index in [1.54, 1.807) is 13.0 Å². The van der Waals surface area contributed by atoms with Gasteiger partial charge in [0.25, 0.3) is 0 Å². The van der Waals surface area contributed by atoms with E-state index in [9.17, 15) is 4.79 Å². The Hall–Kier alpha value is -2.34. The number of benzene rings is 1. The highest BCUT2D eigenvalue weighted by Gasteiger charge is 2.04. The Labute approximate surface area is 101 Å². The van der Waals surface area contributed by atoms with E-state index in [1.165, 1.54) is 0 Å². The number of rotatable bonds is 4. The molecule has 0 saturated carbocycles. The monoisotopic (exact) mass is 227 g/mol. The lowest BCUT2D eigenvalue weighted by molar-refractivity contribution is -0.137. The van der Waals surface area contributed by atoms with Crippen molar-refractivity contribution in [3.63, 3.8) is 0 Å². The van der Waals surface area contributed by atoms with Gasteiger partial charge in [-0.15, -0.1) is 0 Å². The number of carbonyl (C=O) groups is 1. The summed E-state index contributed by atoms with van der Waals surface area (Å²) in [4.78, 5) is 11.2. The second-order valence-corrected chi connectivity index (χ2v) is 3.55. The van der Waals surface area contributed by atoms with E-state index in [0.29, 0.717) is 11.1 Å². The fourth-order valence-electron chi connectivity index (χ4n) is 1.12. The highest BCUT2D eigenvalue weighted by Crippen LogP contribution is 2.07. The van der Waals surface area contributed by atoms with Gasteiger partial charge in [-0.2, -0.15) is 5.26 Å². The van der Waals surface area contributed by atoms with Crippen molar-refractivity contribution in [2.24, 2.45) is 0 Å². The number of hydrogen-bond donors (Lipinski definition) is 0. The third-order valence-corrected chi connectivity index (χ3v) is 1.99. The largest absolute Gasteiger partial charge is 0.457 e. The van der Waals surface area contributed by atoms with Crippen molar-refractivity contribution in [3.8, 4) is 6.07 Å². The molecule has 0 bridgehead atoms. The number of nitrogens with zero attached hydrogens (tertiary/aromatic N) is 1. The molecule has 0 atom stereocenters. The molecular formula is C14H13NO2. The summed E-state index contributed by atoms with van der Waals surface area (Å²) >= 11 is 0. The number of nitriles is 1. The average molecular weight is 227 g/mol. The predicted molar refractivity (Wildman–Crippen MR) is 65.8 cm³/mol. The maximum absolute atomic E-state index is 11.2. The van der Waals surface area contributed by atoms with Crippen LogP contribution in [0.2, 0.25) is 0 Å². The van der Waals surface area contributed by atoms with E-state index >= 15 is 0 Å². The van der Waals surface area contributed by atoms with Gasteiger partial charge in [-0.3, -0.25) is 0 Å². The van der Waals surface area contributed by atoms with Gasteiger partial charge in [0.1, 0.15) is 6.61 Å². The topological polar surface area (TPSA) is 50.1 Å². The van der Waals surface area contributed by atoms with Crippen LogP contribution in [0.25, 0.3) is 6.08 Å². The Morgan fingerprint density at radius 2 is 2.12 bits per heavy atom. The molecule has 0 heterocycles. The fourth-order valence-corrected chi connectivity index (χ4v) is 1.12. The van der Waals surface area contributed by atoms with E-state index < -0.39 is 5.97 Å². The van der Waals surface area contributed by atoms with Gasteiger partial charge in [0, 0.05) is 5.57 Å². The molecule has 0 aliphatic rings. The first-order chi connectivity index (χ1) is 8.13. The normalized spacial score (nSPS) is 10.5. The van der Waals surface area contributed by atoms with E-state index in [1.807, 2.05) is 36.4 Å². The molecule has 86 valence electrons. The lowest BCUT2D eigenvalue weighted by Gasteiger charge is -2.02. The number of hydrogen-bond acceptors (Lipinski definition) is 3. The Balaban J connectivity index is 2.68. The minimum absolute atomic E-state index is 0.0307. The predicted octanol–water partition coefficient (Wildman–Crippen LogP) is 2.71. The van der Waals surface area contributed by atoms with Crippen LogP contribution < -0.4 is 0 Å².